The van der Waals surface area contributed by atoms with Crippen LogP contribution in [0.1, 0.15) is 45.4 Å². The van der Waals surface area contributed by atoms with Gasteiger partial charge in [-0.1, -0.05) is 13.3 Å². The summed E-state index contributed by atoms with van der Waals surface area (Å²) >= 11 is 0. The van der Waals surface area contributed by atoms with E-state index in [1.54, 1.807) is 0 Å². The van der Waals surface area contributed by atoms with Crippen LogP contribution in [-0.4, -0.2) is 30.4 Å². The molecule has 0 aromatic heterocycles. The van der Waals surface area contributed by atoms with Gasteiger partial charge in [0.05, 0.1) is 0 Å². The Bertz CT molecular complexity index is 439. The first-order valence-electron chi connectivity index (χ1n) is 8.38. The van der Waals surface area contributed by atoms with Gasteiger partial charge in [0, 0.05) is 12.5 Å². The van der Waals surface area contributed by atoms with Gasteiger partial charge >= 0.3 is 0 Å². The van der Waals surface area contributed by atoms with E-state index >= 15 is 0 Å². The van der Waals surface area contributed by atoms with Gasteiger partial charge in [0.2, 0.25) is 11.8 Å². The molecule has 3 aliphatic rings. The lowest BCUT2D eigenvalue weighted by molar-refractivity contribution is -0.128. The van der Waals surface area contributed by atoms with Crippen molar-refractivity contribution < 1.29 is 9.59 Å². The van der Waals surface area contributed by atoms with E-state index < -0.39 is 5.54 Å². The van der Waals surface area contributed by atoms with Gasteiger partial charge in [-0.15, -0.1) is 0 Å². The highest BCUT2D eigenvalue weighted by molar-refractivity contribution is 5.86. The highest BCUT2D eigenvalue weighted by Crippen LogP contribution is 2.47. The number of carbonyl (C=O) groups is 2. The minimum absolute atomic E-state index is 0.123. The summed E-state index contributed by atoms with van der Waals surface area (Å²) < 4.78 is 0. The standard InChI is InChI=1S/C16H27N3O2/c1-10(5-6-11-7-8-18-14(11)20)16(15(17)21)13-4-2-3-12(13)9-19-16/h10-13,19H,2-9H2,1H3,(H2,17,21)(H,18,20)/t10?,11-,12?,13?,16?/m0/s1. The zero-order chi connectivity index (χ0) is 15.0. The second kappa shape index (κ2) is 5.59. The zero-order valence-electron chi connectivity index (χ0n) is 12.9. The SMILES string of the molecule is CC(CC[C@H]1CCNC1=O)C1(C(N)=O)NCC2CCCC21. The molecule has 2 heterocycles. The van der Waals surface area contributed by atoms with Crippen LogP contribution < -0.4 is 16.4 Å². The first kappa shape index (κ1) is 14.8. The molecule has 2 saturated heterocycles. The molecule has 5 heteroatoms. The smallest absolute Gasteiger partial charge is 0.238 e. The number of primary amides is 1. The molecule has 0 aromatic rings. The largest absolute Gasteiger partial charge is 0.368 e. The van der Waals surface area contributed by atoms with E-state index in [4.69, 9.17) is 5.73 Å². The van der Waals surface area contributed by atoms with Crippen molar-refractivity contribution >= 4 is 11.8 Å². The molecule has 4 N–H and O–H groups in total. The van der Waals surface area contributed by atoms with Crippen molar-refractivity contribution in [3.63, 3.8) is 0 Å². The second-order valence-corrected chi connectivity index (χ2v) is 7.17. The van der Waals surface area contributed by atoms with Crippen LogP contribution in [0.15, 0.2) is 0 Å². The van der Waals surface area contributed by atoms with Gasteiger partial charge in [-0.05, 0) is 56.4 Å². The number of amides is 2. The molecule has 5 atom stereocenters. The van der Waals surface area contributed by atoms with Crippen LogP contribution in [0.25, 0.3) is 0 Å². The number of nitrogens with one attached hydrogen (secondary N) is 2. The van der Waals surface area contributed by atoms with E-state index in [1.807, 2.05) is 0 Å². The summed E-state index contributed by atoms with van der Waals surface area (Å²) in [5.41, 5.74) is 5.27. The van der Waals surface area contributed by atoms with Crippen LogP contribution in [0.2, 0.25) is 0 Å². The van der Waals surface area contributed by atoms with E-state index in [9.17, 15) is 9.59 Å². The quantitative estimate of drug-likeness (QED) is 0.700. The molecule has 1 saturated carbocycles. The van der Waals surface area contributed by atoms with E-state index in [0.717, 1.165) is 38.8 Å². The molecular formula is C16H27N3O2. The summed E-state index contributed by atoms with van der Waals surface area (Å²) in [6, 6.07) is 0. The first-order chi connectivity index (χ1) is 10.1. The molecule has 0 bridgehead atoms. The number of rotatable bonds is 5. The number of hydrogen-bond acceptors (Lipinski definition) is 3. The molecule has 0 spiro atoms. The van der Waals surface area contributed by atoms with Crippen LogP contribution in [0.5, 0.6) is 0 Å². The number of fused-ring (bicyclic) bond motifs is 1. The molecule has 3 fully saturated rings. The maximum Gasteiger partial charge on any atom is 0.238 e. The van der Waals surface area contributed by atoms with Crippen LogP contribution in [0.4, 0.5) is 0 Å². The lowest BCUT2D eigenvalue weighted by Gasteiger charge is -2.38. The Kier molecular flexibility index (Phi) is 3.95. The fourth-order valence-corrected chi connectivity index (χ4v) is 4.96. The third-order valence-corrected chi connectivity index (χ3v) is 6.20. The molecule has 3 rings (SSSR count). The number of carbonyl (C=O) groups excluding carboxylic acids is 2. The highest BCUT2D eigenvalue weighted by atomic mass is 16.2. The molecular weight excluding hydrogens is 266 g/mol. The van der Waals surface area contributed by atoms with Crippen molar-refractivity contribution in [1.29, 1.82) is 0 Å². The van der Waals surface area contributed by atoms with Gasteiger partial charge < -0.3 is 16.4 Å². The lowest BCUT2D eigenvalue weighted by atomic mass is 9.71. The van der Waals surface area contributed by atoms with E-state index in [2.05, 4.69) is 17.6 Å². The summed E-state index contributed by atoms with van der Waals surface area (Å²) in [6.07, 6.45) is 6.20. The molecule has 118 valence electrons. The fraction of sp³-hybridized carbons (Fsp3) is 0.875. The Hall–Kier alpha value is -1.10. The Morgan fingerprint density at radius 3 is 2.90 bits per heavy atom. The Balaban J connectivity index is 1.69. The molecule has 4 unspecified atom stereocenters. The van der Waals surface area contributed by atoms with Crippen molar-refractivity contribution in [3.05, 3.63) is 0 Å². The van der Waals surface area contributed by atoms with Crippen molar-refractivity contribution in [2.45, 2.75) is 51.0 Å². The van der Waals surface area contributed by atoms with Crippen LogP contribution in [0.3, 0.4) is 0 Å². The summed E-state index contributed by atoms with van der Waals surface area (Å²) in [6.45, 7) is 3.84. The van der Waals surface area contributed by atoms with Crippen molar-refractivity contribution in [2.75, 3.05) is 13.1 Å². The summed E-state index contributed by atoms with van der Waals surface area (Å²) in [4.78, 5) is 23.9. The monoisotopic (exact) mass is 293 g/mol. The van der Waals surface area contributed by atoms with Crippen molar-refractivity contribution in [3.8, 4) is 0 Å². The summed E-state index contributed by atoms with van der Waals surface area (Å²) in [5, 5.41) is 6.37. The molecule has 0 aromatic carbocycles. The number of nitrogens with two attached hydrogens (primary N) is 1. The minimum atomic E-state index is -0.545. The van der Waals surface area contributed by atoms with Gasteiger partial charge in [-0.3, -0.25) is 9.59 Å². The molecule has 0 radical (unpaired) electrons. The second-order valence-electron chi connectivity index (χ2n) is 7.17. The van der Waals surface area contributed by atoms with Crippen molar-refractivity contribution in [2.24, 2.45) is 29.4 Å². The first-order valence-corrected chi connectivity index (χ1v) is 8.38. The Morgan fingerprint density at radius 2 is 2.24 bits per heavy atom. The van der Waals surface area contributed by atoms with Crippen LogP contribution >= 0.6 is 0 Å². The fourth-order valence-electron chi connectivity index (χ4n) is 4.96. The Morgan fingerprint density at radius 1 is 1.43 bits per heavy atom. The molecule has 21 heavy (non-hydrogen) atoms. The third-order valence-electron chi connectivity index (χ3n) is 6.20. The predicted molar refractivity (Wildman–Crippen MR) is 80.3 cm³/mol. The van der Waals surface area contributed by atoms with Gasteiger partial charge in [0.1, 0.15) is 5.54 Å². The Labute approximate surface area is 126 Å². The topological polar surface area (TPSA) is 84.2 Å². The van der Waals surface area contributed by atoms with Crippen LogP contribution in [-0.2, 0) is 9.59 Å². The third kappa shape index (κ3) is 2.35. The van der Waals surface area contributed by atoms with Gasteiger partial charge in [0.15, 0.2) is 0 Å². The summed E-state index contributed by atoms with van der Waals surface area (Å²) in [7, 11) is 0. The van der Waals surface area contributed by atoms with Gasteiger partial charge in [0.25, 0.3) is 0 Å². The normalized spacial score (nSPS) is 40.0. The lowest BCUT2D eigenvalue weighted by Crippen LogP contribution is -2.60. The average molecular weight is 293 g/mol. The van der Waals surface area contributed by atoms with E-state index in [0.29, 0.717) is 11.8 Å². The number of hydrogen-bond donors (Lipinski definition) is 3. The van der Waals surface area contributed by atoms with Gasteiger partial charge in [-0.2, -0.15) is 0 Å². The van der Waals surface area contributed by atoms with Gasteiger partial charge in [-0.25, -0.2) is 0 Å². The molecule has 5 nitrogen and oxygen atoms in total. The van der Waals surface area contributed by atoms with Crippen molar-refractivity contribution in [1.82, 2.24) is 10.6 Å². The molecule has 2 aliphatic heterocycles. The van der Waals surface area contributed by atoms with Crippen LogP contribution in [0, 0.1) is 23.7 Å². The maximum atomic E-state index is 12.2. The molecule has 1 aliphatic carbocycles. The zero-order valence-corrected chi connectivity index (χ0v) is 12.9. The van der Waals surface area contributed by atoms with E-state index in [1.165, 1.54) is 12.8 Å². The minimum Gasteiger partial charge on any atom is -0.368 e. The molecule has 2 amide bonds. The predicted octanol–water partition coefficient (Wildman–Crippen LogP) is 0.782. The highest BCUT2D eigenvalue weighted by Gasteiger charge is 2.56. The maximum absolute atomic E-state index is 12.2. The van der Waals surface area contributed by atoms with E-state index in [-0.39, 0.29) is 23.7 Å². The average Bonchev–Trinajstić information content (AvgIpc) is 3.11. The summed E-state index contributed by atoms with van der Waals surface area (Å²) in [5.74, 6) is 1.29.